The highest BCUT2D eigenvalue weighted by Gasteiger charge is 2.32. The van der Waals surface area contributed by atoms with Crippen molar-refractivity contribution in [3.05, 3.63) is 33.8 Å². The van der Waals surface area contributed by atoms with Gasteiger partial charge in [-0.05, 0) is 24.1 Å². The minimum absolute atomic E-state index is 0.0237. The number of fused-ring (bicyclic) bond motifs is 3. The molecule has 15 heavy (non-hydrogen) atoms. The molecule has 0 fully saturated rings. The summed E-state index contributed by atoms with van der Waals surface area (Å²) < 4.78 is 1.06. The van der Waals surface area contributed by atoms with E-state index in [2.05, 4.69) is 38.6 Å². The predicted octanol–water partition coefficient (Wildman–Crippen LogP) is 1.85. The Kier molecular flexibility index (Phi) is 1.92. The summed E-state index contributed by atoms with van der Waals surface area (Å²) in [6.07, 6.45) is 1.50. The van der Waals surface area contributed by atoms with E-state index in [9.17, 15) is 4.79 Å². The summed E-state index contributed by atoms with van der Waals surface area (Å²) in [5.74, 6) is 0.304. The van der Waals surface area contributed by atoms with Gasteiger partial charge in [0.25, 0.3) is 0 Å². The van der Waals surface area contributed by atoms with Crippen LogP contribution in [0.5, 0.6) is 0 Å². The molecule has 0 saturated carbocycles. The number of nitrogens with zero attached hydrogens (tertiary/aromatic N) is 1. The maximum absolute atomic E-state index is 11.2. The second-order valence-electron chi connectivity index (χ2n) is 3.94. The molecule has 0 saturated heterocycles. The van der Waals surface area contributed by atoms with Crippen LogP contribution in [0.15, 0.2) is 27.8 Å². The molecule has 1 aromatic carbocycles. The lowest BCUT2D eigenvalue weighted by molar-refractivity contribution is -0.121. The van der Waals surface area contributed by atoms with Crippen LogP contribution >= 0.6 is 15.9 Å². The molecule has 1 aliphatic heterocycles. The topological polar surface area (TPSA) is 41.5 Å². The molecular weight excluding hydrogens is 256 g/mol. The highest BCUT2D eigenvalue weighted by atomic mass is 79.9. The van der Waals surface area contributed by atoms with Gasteiger partial charge in [-0.1, -0.05) is 22.0 Å². The smallest absolute Gasteiger partial charge is 0.240 e. The Morgan fingerprint density at radius 2 is 2.27 bits per heavy atom. The first-order chi connectivity index (χ1) is 7.24. The Morgan fingerprint density at radius 1 is 1.40 bits per heavy atom. The van der Waals surface area contributed by atoms with Gasteiger partial charge >= 0.3 is 0 Å². The normalized spacial score (nSPS) is 22.9. The molecule has 0 bridgehead atoms. The van der Waals surface area contributed by atoms with Gasteiger partial charge in [-0.15, -0.1) is 0 Å². The molecule has 1 N–H and O–H groups in total. The lowest BCUT2D eigenvalue weighted by atomic mass is 9.99. The summed E-state index contributed by atoms with van der Waals surface area (Å²) in [5, 5.41) is 4.15. The Balaban J connectivity index is 2.11. The zero-order valence-corrected chi connectivity index (χ0v) is 9.54. The van der Waals surface area contributed by atoms with E-state index in [0.717, 1.165) is 16.6 Å². The Bertz CT molecular complexity index is 481. The summed E-state index contributed by atoms with van der Waals surface area (Å²) in [6.45, 7) is 0. The first kappa shape index (κ1) is 9.09. The first-order valence-electron chi connectivity index (χ1n) is 4.89. The van der Waals surface area contributed by atoms with E-state index in [0.29, 0.717) is 6.42 Å². The molecule has 1 aromatic rings. The summed E-state index contributed by atoms with van der Waals surface area (Å²) in [6, 6.07) is 6.21. The van der Waals surface area contributed by atoms with Gasteiger partial charge in [-0.25, -0.2) is 5.43 Å². The van der Waals surface area contributed by atoms with Gasteiger partial charge in [0.05, 0.1) is 5.71 Å². The number of halogens is 1. The van der Waals surface area contributed by atoms with Crippen LogP contribution in [0, 0.1) is 5.92 Å². The molecule has 1 heterocycles. The molecule has 1 aliphatic carbocycles. The van der Waals surface area contributed by atoms with Crippen LogP contribution < -0.4 is 5.43 Å². The van der Waals surface area contributed by atoms with E-state index in [1.54, 1.807) is 0 Å². The maximum Gasteiger partial charge on any atom is 0.240 e. The van der Waals surface area contributed by atoms with Gasteiger partial charge in [0.2, 0.25) is 5.91 Å². The summed E-state index contributed by atoms with van der Waals surface area (Å²) in [4.78, 5) is 11.2. The SMILES string of the molecule is O=C1CC2Cc3ccc(Br)cc3C2=NN1. The number of carbonyl (C=O) groups is 1. The van der Waals surface area contributed by atoms with Crippen molar-refractivity contribution in [1.29, 1.82) is 0 Å². The molecular formula is C11H9BrN2O. The fourth-order valence-corrected chi connectivity index (χ4v) is 2.62. The van der Waals surface area contributed by atoms with Gasteiger partial charge in [0.15, 0.2) is 0 Å². The van der Waals surface area contributed by atoms with Crippen LogP contribution in [-0.2, 0) is 11.2 Å². The number of nitrogens with one attached hydrogen (secondary N) is 1. The van der Waals surface area contributed by atoms with Crippen molar-refractivity contribution in [2.45, 2.75) is 12.8 Å². The van der Waals surface area contributed by atoms with Crippen LogP contribution in [-0.4, -0.2) is 11.6 Å². The number of amides is 1. The van der Waals surface area contributed by atoms with E-state index in [-0.39, 0.29) is 11.8 Å². The number of hydrazone groups is 1. The van der Waals surface area contributed by atoms with Crippen molar-refractivity contribution < 1.29 is 4.79 Å². The number of rotatable bonds is 0. The third-order valence-corrected chi connectivity index (χ3v) is 3.43. The fraction of sp³-hybridized carbons (Fsp3) is 0.273. The third-order valence-electron chi connectivity index (χ3n) is 2.93. The number of hydrogen-bond acceptors (Lipinski definition) is 2. The molecule has 0 spiro atoms. The van der Waals surface area contributed by atoms with Gasteiger partial charge in [0.1, 0.15) is 0 Å². The van der Waals surface area contributed by atoms with Crippen LogP contribution in [0.25, 0.3) is 0 Å². The lowest BCUT2D eigenvalue weighted by Crippen LogP contribution is -2.31. The van der Waals surface area contributed by atoms with Crippen LogP contribution in [0.2, 0.25) is 0 Å². The van der Waals surface area contributed by atoms with E-state index >= 15 is 0 Å². The molecule has 0 aromatic heterocycles. The molecule has 1 atom stereocenters. The lowest BCUT2D eigenvalue weighted by Gasteiger charge is -2.15. The van der Waals surface area contributed by atoms with Crippen molar-refractivity contribution in [3.63, 3.8) is 0 Å². The van der Waals surface area contributed by atoms with E-state index in [1.165, 1.54) is 11.1 Å². The molecule has 1 unspecified atom stereocenters. The van der Waals surface area contributed by atoms with Crippen molar-refractivity contribution in [2.24, 2.45) is 11.0 Å². The number of hydrogen-bond donors (Lipinski definition) is 1. The molecule has 0 radical (unpaired) electrons. The average molecular weight is 265 g/mol. The van der Waals surface area contributed by atoms with Crippen molar-refractivity contribution in [2.75, 3.05) is 0 Å². The summed E-state index contributed by atoms with van der Waals surface area (Å²) in [7, 11) is 0. The van der Waals surface area contributed by atoms with E-state index in [1.807, 2.05) is 6.07 Å². The minimum atomic E-state index is 0.0237. The van der Waals surface area contributed by atoms with Gasteiger partial charge in [-0.2, -0.15) is 5.10 Å². The largest absolute Gasteiger partial charge is 0.273 e. The van der Waals surface area contributed by atoms with Crippen molar-refractivity contribution in [1.82, 2.24) is 5.43 Å². The highest BCUT2D eigenvalue weighted by molar-refractivity contribution is 9.10. The Hall–Kier alpha value is -1.16. The molecule has 1 amide bonds. The monoisotopic (exact) mass is 264 g/mol. The zero-order valence-electron chi connectivity index (χ0n) is 7.96. The molecule has 2 aliphatic rings. The van der Waals surface area contributed by atoms with Gasteiger partial charge in [0, 0.05) is 22.4 Å². The van der Waals surface area contributed by atoms with Gasteiger partial charge in [-0.3, -0.25) is 4.79 Å². The Morgan fingerprint density at radius 3 is 3.13 bits per heavy atom. The van der Waals surface area contributed by atoms with Crippen LogP contribution in [0.4, 0.5) is 0 Å². The standard InChI is InChI=1S/C11H9BrN2O/c12-8-2-1-6-3-7-4-10(15)13-14-11(7)9(6)5-8/h1-2,5,7H,3-4H2,(H,13,15). The quantitative estimate of drug-likeness (QED) is 0.764. The fourth-order valence-electron chi connectivity index (χ4n) is 2.26. The summed E-state index contributed by atoms with van der Waals surface area (Å²) in [5.41, 5.74) is 6.05. The second-order valence-corrected chi connectivity index (χ2v) is 4.85. The molecule has 3 rings (SSSR count). The Labute approximate surface area is 95.7 Å². The van der Waals surface area contributed by atoms with Crippen molar-refractivity contribution in [3.8, 4) is 0 Å². The molecule has 76 valence electrons. The molecule has 3 nitrogen and oxygen atoms in total. The second kappa shape index (κ2) is 3.17. The number of carbonyl (C=O) groups excluding carboxylic acids is 1. The molecule has 4 heteroatoms. The van der Waals surface area contributed by atoms with Crippen LogP contribution in [0.3, 0.4) is 0 Å². The summed E-state index contributed by atoms with van der Waals surface area (Å²) >= 11 is 3.45. The maximum atomic E-state index is 11.2. The minimum Gasteiger partial charge on any atom is -0.273 e. The van der Waals surface area contributed by atoms with E-state index < -0.39 is 0 Å². The predicted molar refractivity (Wildman–Crippen MR) is 60.6 cm³/mol. The van der Waals surface area contributed by atoms with Crippen LogP contribution in [0.1, 0.15) is 17.5 Å². The van der Waals surface area contributed by atoms with Gasteiger partial charge < -0.3 is 0 Å². The van der Waals surface area contributed by atoms with Crippen molar-refractivity contribution >= 4 is 27.5 Å². The average Bonchev–Trinajstić information content (AvgIpc) is 2.54. The highest BCUT2D eigenvalue weighted by Crippen LogP contribution is 2.32. The third kappa shape index (κ3) is 1.40. The number of benzene rings is 1. The van der Waals surface area contributed by atoms with E-state index in [4.69, 9.17) is 0 Å². The first-order valence-corrected chi connectivity index (χ1v) is 5.68. The zero-order chi connectivity index (χ0) is 10.4.